The Morgan fingerprint density at radius 3 is 2.36 bits per heavy atom. The number of amides is 1. The van der Waals surface area contributed by atoms with Crippen LogP contribution in [0.1, 0.15) is 18.4 Å². The number of nitrogens with one attached hydrogen (secondary N) is 2. The third-order valence-electron chi connectivity index (χ3n) is 5.51. The zero-order valence-electron chi connectivity index (χ0n) is 20.1. The van der Waals surface area contributed by atoms with E-state index >= 15 is 0 Å². The standard InChI is InChI=1S/C28H27N3O4S/c1-33-25-17-22-23(18-26(25)34-2)29-16-15-24(22)35-21-13-11-20(12-14-21)30-28(36)31-27(32)10-6-9-19-7-4-3-5-8-19/h3-5,7-8,11-18H,6,9-10H2,1-2H3,(H2,30,31,32,36). The molecule has 0 spiro atoms. The van der Waals surface area contributed by atoms with E-state index in [-0.39, 0.29) is 11.0 Å². The summed E-state index contributed by atoms with van der Waals surface area (Å²) < 4.78 is 16.9. The van der Waals surface area contributed by atoms with Crippen LogP contribution in [-0.2, 0) is 11.2 Å². The predicted octanol–water partition coefficient (Wildman–Crippen LogP) is 5.88. The third kappa shape index (κ3) is 6.49. The molecule has 1 heterocycles. The maximum absolute atomic E-state index is 12.2. The lowest BCUT2D eigenvalue weighted by atomic mass is 10.1. The summed E-state index contributed by atoms with van der Waals surface area (Å²) in [5.41, 5.74) is 2.68. The molecule has 1 amide bonds. The van der Waals surface area contributed by atoms with Crippen molar-refractivity contribution in [3.63, 3.8) is 0 Å². The second kappa shape index (κ2) is 12.0. The van der Waals surface area contributed by atoms with Crippen LogP contribution in [-0.4, -0.2) is 30.2 Å². The molecule has 2 N–H and O–H groups in total. The lowest BCUT2D eigenvalue weighted by Gasteiger charge is -2.13. The number of hydrogen-bond acceptors (Lipinski definition) is 6. The highest BCUT2D eigenvalue weighted by Crippen LogP contribution is 2.36. The van der Waals surface area contributed by atoms with Crippen molar-refractivity contribution in [3.8, 4) is 23.0 Å². The smallest absolute Gasteiger partial charge is 0.226 e. The molecule has 0 unspecified atom stereocenters. The van der Waals surface area contributed by atoms with Crippen LogP contribution in [0.5, 0.6) is 23.0 Å². The first-order chi connectivity index (χ1) is 17.6. The molecule has 0 saturated heterocycles. The second-order valence-corrected chi connectivity index (χ2v) is 8.41. The van der Waals surface area contributed by atoms with Gasteiger partial charge in [0.05, 0.1) is 19.7 Å². The van der Waals surface area contributed by atoms with E-state index in [0.717, 1.165) is 29.4 Å². The van der Waals surface area contributed by atoms with Gasteiger partial charge in [0.15, 0.2) is 16.6 Å². The maximum atomic E-state index is 12.2. The number of anilines is 1. The molecule has 184 valence electrons. The number of aryl methyl sites for hydroxylation is 1. The number of carbonyl (C=O) groups is 1. The minimum Gasteiger partial charge on any atom is -0.493 e. The first kappa shape index (κ1) is 24.9. The van der Waals surface area contributed by atoms with Gasteiger partial charge >= 0.3 is 0 Å². The molecule has 4 aromatic rings. The van der Waals surface area contributed by atoms with Crippen molar-refractivity contribution in [2.45, 2.75) is 19.3 Å². The van der Waals surface area contributed by atoms with E-state index in [9.17, 15) is 4.79 Å². The van der Waals surface area contributed by atoms with Crippen molar-refractivity contribution in [1.82, 2.24) is 10.3 Å². The van der Waals surface area contributed by atoms with Gasteiger partial charge in [-0.05, 0) is 67.0 Å². The van der Waals surface area contributed by atoms with Crippen molar-refractivity contribution in [2.75, 3.05) is 19.5 Å². The van der Waals surface area contributed by atoms with Crippen LogP contribution in [0, 0.1) is 0 Å². The van der Waals surface area contributed by atoms with E-state index in [4.69, 9.17) is 26.4 Å². The van der Waals surface area contributed by atoms with Crippen LogP contribution in [0.4, 0.5) is 5.69 Å². The SMILES string of the molecule is COc1cc2nccc(Oc3ccc(NC(=S)NC(=O)CCCc4ccccc4)cc3)c2cc1OC. The fourth-order valence-electron chi connectivity index (χ4n) is 3.72. The van der Waals surface area contributed by atoms with Gasteiger partial charge < -0.3 is 24.8 Å². The third-order valence-corrected chi connectivity index (χ3v) is 5.72. The van der Waals surface area contributed by atoms with Gasteiger partial charge in [0.1, 0.15) is 11.5 Å². The van der Waals surface area contributed by atoms with E-state index < -0.39 is 0 Å². The van der Waals surface area contributed by atoms with Gasteiger partial charge in [0, 0.05) is 29.8 Å². The van der Waals surface area contributed by atoms with E-state index in [0.29, 0.717) is 29.4 Å². The monoisotopic (exact) mass is 501 g/mol. The summed E-state index contributed by atoms with van der Waals surface area (Å²) in [7, 11) is 3.17. The molecule has 1 aromatic heterocycles. The summed E-state index contributed by atoms with van der Waals surface area (Å²) >= 11 is 5.29. The lowest BCUT2D eigenvalue weighted by Crippen LogP contribution is -2.33. The fourth-order valence-corrected chi connectivity index (χ4v) is 3.95. The highest BCUT2D eigenvalue weighted by atomic mass is 32.1. The molecular weight excluding hydrogens is 474 g/mol. The van der Waals surface area contributed by atoms with Crippen LogP contribution in [0.2, 0.25) is 0 Å². The average molecular weight is 502 g/mol. The number of carbonyl (C=O) groups excluding carboxylic acids is 1. The quantitative estimate of drug-likeness (QED) is 0.277. The number of hydrogen-bond donors (Lipinski definition) is 2. The minimum atomic E-state index is -0.111. The lowest BCUT2D eigenvalue weighted by molar-refractivity contribution is -0.119. The van der Waals surface area contributed by atoms with E-state index in [2.05, 4.69) is 27.8 Å². The van der Waals surface area contributed by atoms with Crippen molar-refractivity contribution in [1.29, 1.82) is 0 Å². The Hall–Kier alpha value is -4.17. The summed E-state index contributed by atoms with van der Waals surface area (Å²) in [6.07, 6.45) is 3.69. The zero-order valence-corrected chi connectivity index (χ0v) is 20.9. The number of pyridine rings is 1. The molecule has 8 heteroatoms. The van der Waals surface area contributed by atoms with Gasteiger partial charge in [-0.2, -0.15) is 0 Å². The predicted molar refractivity (Wildman–Crippen MR) is 145 cm³/mol. The summed E-state index contributed by atoms with van der Waals surface area (Å²) in [5.74, 6) is 2.36. The minimum absolute atomic E-state index is 0.111. The number of fused-ring (bicyclic) bond motifs is 1. The number of nitrogens with zero attached hydrogens (tertiary/aromatic N) is 1. The highest BCUT2D eigenvalue weighted by Gasteiger charge is 2.12. The van der Waals surface area contributed by atoms with Crippen LogP contribution in [0.15, 0.2) is 79.0 Å². The second-order valence-electron chi connectivity index (χ2n) is 8.00. The molecule has 0 radical (unpaired) electrons. The van der Waals surface area contributed by atoms with Crippen molar-refractivity contribution in [2.24, 2.45) is 0 Å². The summed E-state index contributed by atoms with van der Waals surface area (Å²) in [6, 6.07) is 22.8. The number of benzene rings is 3. The first-order valence-electron chi connectivity index (χ1n) is 11.5. The summed E-state index contributed by atoms with van der Waals surface area (Å²) in [4.78, 5) is 16.6. The molecule has 0 fully saturated rings. The van der Waals surface area contributed by atoms with Crippen LogP contribution >= 0.6 is 12.2 Å². The molecule has 0 aliphatic carbocycles. The van der Waals surface area contributed by atoms with Gasteiger partial charge in [-0.3, -0.25) is 9.78 Å². The number of aromatic nitrogens is 1. The molecule has 0 saturated carbocycles. The topological polar surface area (TPSA) is 81.7 Å². The van der Waals surface area contributed by atoms with Crippen LogP contribution < -0.4 is 24.8 Å². The molecule has 0 aliphatic rings. The Kier molecular flexibility index (Phi) is 8.31. The molecule has 36 heavy (non-hydrogen) atoms. The van der Waals surface area contributed by atoms with Crippen LogP contribution in [0.25, 0.3) is 10.9 Å². The molecule has 4 rings (SSSR count). The van der Waals surface area contributed by atoms with Crippen molar-refractivity contribution >= 4 is 39.8 Å². The van der Waals surface area contributed by atoms with Gasteiger partial charge in [-0.15, -0.1) is 0 Å². The molecule has 0 bridgehead atoms. The Morgan fingerprint density at radius 2 is 1.64 bits per heavy atom. The first-order valence-corrected chi connectivity index (χ1v) is 11.9. The fraction of sp³-hybridized carbons (Fsp3) is 0.179. The normalized spacial score (nSPS) is 10.5. The highest BCUT2D eigenvalue weighted by molar-refractivity contribution is 7.80. The Morgan fingerprint density at radius 1 is 0.917 bits per heavy atom. The number of ether oxygens (including phenoxy) is 3. The zero-order chi connectivity index (χ0) is 25.3. The van der Waals surface area contributed by atoms with Crippen LogP contribution in [0.3, 0.4) is 0 Å². The van der Waals surface area contributed by atoms with Crippen molar-refractivity contribution in [3.05, 3.63) is 84.6 Å². The van der Waals surface area contributed by atoms with Gasteiger partial charge in [-0.1, -0.05) is 30.3 Å². The van der Waals surface area contributed by atoms with Gasteiger partial charge in [0.2, 0.25) is 5.91 Å². The maximum Gasteiger partial charge on any atom is 0.226 e. The van der Waals surface area contributed by atoms with Gasteiger partial charge in [-0.25, -0.2) is 0 Å². The molecule has 3 aromatic carbocycles. The number of methoxy groups -OCH3 is 2. The molecule has 0 atom stereocenters. The Bertz CT molecular complexity index is 1340. The largest absolute Gasteiger partial charge is 0.493 e. The average Bonchev–Trinajstić information content (AvgIpc) is 2.89. The molecule has 0 aliphatic heterocycles. The Labute approximate surface area is 215 Å². The Balaban J connectivity index is 1.32. The molecular formula is C28H27N3O4S. The van der Waals surface area contributed by atoms with E-state index in [1.165, 1.54) is 5.56 Å². The van der Waals surface area contributed by atoms with Crippen molar-refractivity contribution < 1.29 is 19.0 Å². The summed E-state index contributed by atoms with van der Waals surface area (Å²) in [6.45, 7) is 0. The number of thiocarbonyl (C=S) groups is 1. The summed E-state index contributed by atoms with van der Waals surface area (Å²) in [5, 5.41) is 6.82. The van der Waals surface area contributed by atoms with E-state index in [1.807, 2.05) is 54.6 Å². The number of rotatable bonds is 9. The molecule has 7 nitrogen and oxygen atoms in total. The van der Waals surface area contributed by atoms with Gasteiger partial charge in [0.25, 0.3) is 0 Å². The van der Waals surface area contributed by atoms with E-state index in [1.54, 1.807) is 26.5 Å².